The summed E-state index contributed by atoms with van der Waals surface area (Å²) in [4.78, 5) is 110. The monoisotopic (exact) mass is 956 g/mol. The van der Waals surface area contributed by atoms with Crippen molar-refractivity contribution >= 4 is 113 Å². The lowest BCUT2D eigenvalue weighted by Crippen LogP contribution is -2.25. The molecule has 5 rings (SSSR count). The Hall–Kier alpha value is -5.44. The lowest BCUT2D eigenvalue weighted by Gasteiger charge is -2.19. The molecule has 5 heterocycles. The van der Waals surface area contributed by atoms with Gasteiger partial charge in [0.2, 0.25) is 23.6 Å². The summed E-state index contributed by atoms with van der Waals surface area (Å²) in [6, 6.07) is 5.76. The van der Waals surface area contributed by atoms with Gasteiger partial charge < -0.3 is 40.2 Å². The Morgan fingerprint density at radius 3 is 0.703 bits per heavy atom. The summed E-state index contributed by atoms with van der Waals surface area (Å²) in [6.07, 6.45) is -1.17. The summed E-state index contributed by atoms with van der Waals surface area (Å²) in [5.41, 5.74) is -3.59. The molecule has 8 bridgehead atoms. The first-order chi connectivity index (χ1) is 29.4. The molecule has 344 valence electrons. The normalized spacial score (nSPS) is 14.6. The SMILES string of the molecule is CC(C)(C)OC(=O)c1cc2sc1NC(=O)Cc1cc(C(=O)OC(C)(C)C)c(s1)NC(=O)Cc1cc(C(=O)OC(C)(C)C)c(s1)NC(=O)Cc1cc(C(=O)OC(C)(C)C)c(s1)NC(=O)C2. The number of amides is 4. The van der Waals surface area contributed by atoms with E-state index in [-0.39, 0.29) is 67.9 Å². The molecule has 0 unspecified atom stereocenters. The highest BCUT2D eigenvalue weighted by molar-refractivity contribution is 7.18. The highest BCUT2D eigenvalue weighted by Gasteiger charge is 2.30. The van der Waals surface area contributed by atoms with Crippen molar-refractivity contribution < 1.29 is 57.3 Å². The molecule has 0 saturated heterocycles. The number of carbonyl (C=O) groups is 8. The first-order valence-electron chi connectivity index (χ1n) is 20.0. The Morgan fingerprint density at radius 1 is 0.375 bits per heavy atom. The molecule has 0 aliphatic carbocycles. The fraction of sp³-hybridized carbons (Fsp3) is 0.455. The van der Waals surface area contributed by atoms with Crippen LogP contribution in [-0.4, -0.2) is 69.9 Å². The zero-order valence-corrected chi connectivity index (χ0v) is 40.9. The van der Waals surface area contributed by atoms with Crippen LogP contribution < -0.4 is 21.3 Å². The Kier molecular flexibility index (Phi) is 14.7. The quantitative estimate of drug-likeness (QED) is 0.111. The van der Waals surface area contributed by atoms with Crippen molar-refractivity contribution in [3.63, 3.8) is 0 Å². The molecule has 4 N–H and O–H groups in total. The minimum Gasteiger partial charge on any atom is -0.456 e. The molecule has 16 nitrogen and oxygen atoms in total. The standard InChI is InChI=1S/C44H52N4O12S4/c1-41(2,3)57-37(53)25-13-21-17-30(50)46-34-27(39(55)59-43(7,8)9)15-23(63-34)19-32(52)48-36-28(40(56)60-44(10,11)12)16-24(64-36)20-31(51)47-35-26(38(54)58-42(4,5)6)14-22(62-35)18-29(49)45-33(25)61-21/h13-16H,17-20H2,1-12H3,(H,45,49)(H,46,50)(H,47,51)(H,48,52). The topological polar surface area (TPSA) is 222 Å². The third kappa shape index (κ3) is 14.3. The van der Waals surface area contributed by atoms with E-state index >= 15 is 0 Å². The molecule has 0 atom stereocenters. The Morgan fingerprint density at radius 2 is 0.547 bits per heavy atom. The Labute approximate surface area is 386 Å². The molecule has 4 amide bonds. The zero-order valence-electron chi connectivity index (χ0n) is 37.7. The van der Waals surface area contributed by atoms with Crippen LogP contribution in [0.4, 0.5) is 20.0 Å². The largest absolute Gasteiger partial charge is 0.456 e. The van der Waals surface area contributed by atoms with Gasteiger partial charge in [0.05, 0.1) is 47.9 Å². The molecule has 4 aromatic rings. The van der Waals surface area contributed by atoms with Gasteiger partial charge in [-0.1, -0.05) is 0 Å². The van der Waals surface area contributed by atoms with Crippen molar-refractivity contribution in [3.05, 3.63) is 66.0 Å². The van der Waals surface area contributed by atoms with Crippen molar-refractivity contribution in [1.82, 2.24) is 0 Å². The molecule has 1 aliphatic rings. The van der Waals surface area contributed by atoms with Gasteiger partial charge >= 0.3 is 23.9 Å². The molecule has 0 spiro atoms. The Balaban J connectivity index is 1.59. The van der Waals surface area contributed by atoms with Gasteiger partial charge in [0, 0.05) is 19.5 Å². The summed E-state index contributed by atoms with van der Waals surface area (Å²) in [6.45, 7) is 20.2. The van der Waals surface area contributed by atoms with Gasteiger partial charge in [0.15, 0.2) is 0 Å². The number of hydrogen-bond acceptors (Lipinski definition) is 16. The second-order valence-corrected chi connectivity index (χ2v) is 23.3. The van der Waals surface area contributed by atoms with Gasteiger partial charge in [0.25, 0.3) is 0 Å². The van der Waals surface area contributed by atoms with E-state index in [0.717, 1.165) is 45.3 Å². The van der Waals surface area contributed by atoms with Gasteiger partial charge in [0.1, 0.15) is 42.4 Å². The minimum atomic E-state index is -0.898. The number of anilines is 4. The van der Waals surface area contributed by atoms with Crippen LogP contribution in [0.25, 0.3) is 0 Å². The van der Waals surface area contributed by atoms with Crippen LogP contribution in [0.5, 0.6) is 0 Å². The maximum atomic E-state index is 13.7. The van der Waals surface area contributed by atoms with Gasteiger partial charge in [-0.05, 0) is 107 Å². The molecule has 0 aromatic carbocycles. The molecule has 0 fully saturated rings. The van der Waals surface area contributed by atoms with Crippen LogP contribution in [0.1, 0.15) is 144 Å². The van der Waals surface area contributed by atoms with Crippen molar-refractivity contribution in [3.8, 4) is 0 Å². The van der Waals surface area contributed by atoms with Crippen molar-refractivity contribution in [2.45, 2.75) is 131 Å². The van der Waals surface area contributed by atoms with E-state index in [1.165, 1.54) is 24.3 Å². The average molecular weight is 957 g/mol. The van der Waals surface area contributed by atoms with Gasteiger partial charge in [-0.25, -0.2) is 19.2 Å². The van der Waals surface area contributed by atoms with Gasteiger partial charge in [-0.3, -0.25) is 19.2 Å². The van der Waals surface area contributed by atoms with E-state index in [9.17, 15) is 38.4 Å². The van der Waals surface area contributed by atoms with E-state index in [1.807, 2.05) is 0 Å². The van der Waals surface area contributed by atoms with Crippen molar-refractivity contribution in [2.75, 3.05) is 21.3 Å². The molecule has 64 heavy (non-hydrogen) atoms. The van der Waals surface area contributed by atoms with Crippen LogP contribution in [-0.2, 0) is 63.8 Å². The van der Waals surface area contributed by atoms with E-state index in [4.69, 9.17) is 18.9 Å². The average Bonchev–Trinajstić information content (AvgIpc) is 3.87. The summed E-state index contributed by atoms with van der Waals surface area (Å²) in [5, 5.41) is 11.4. The predicted molar refractivity (Wildman–Crippen MR) is 247 cm³/mol. The van der Waals surface area contributed by atoms with Gasteiger partial charge in [-0.2, -0.15) is 0 Å². The van der Waals surface area contributed by atoms with E-state index in [0.29, 0.717) is 19.5 Å². The summed E-state index contributed by atoms with van der Waals surface area (Å²) < 4.78 is 22.5. The smallest absolute Gasteiger partial charge is 0.341 e. The summed E-state index contributed by atoms with van der Waals surface area (Å²) >= 11 is 3.88. The summed E-state index contributed by atoms with van der Waals surface area (Å²) in [7, 11) is 0. The number of carbonyl (C=O) groups excluding carboxylic acids is 8. The van der Waals surface area contributed by atoms with E-state index in [2.05, 4.69) is 21.3 Å². The lowest BCUT2D eigenvalue weighted by atomic mass is 10.1. The van der Waals surface area contributed by atoms with Crippen LogP contribution in [0.2, 0.25) is 0 Å². The van der Waals surface area contributed by atoms with Crippen LogP contribution in [0.3, 0.4) is 0 Å². The summed E-state index contributed by atoms with van der Waals surface area (Å²) in [5.74, 6) is -5.32. The molecule has 0 radical (unpaired) electrons. The lowest BCUT2D eigenvalue weighted by molar-refractivity contribution is -0.116. The van der Waals surface area contributed by atoms with Crippen molar-refractivity contribution in [1.29, 1.82) is 0 Å². The molecule has 0 saturated carbocycles. The third-order valence-corrected chi connectivity index (χ3v) is 12.2. The molecule has 20 heteroatoms. The molecule has 1 aliphatic heterocycles. The number of hydrogen-bond donors (Lipinski definition) is 4. The number of ether oxygens (including phenoxy) is 4. The maximum absolute atomic E-state index is 13.7. The van der Waals surface area contributed by atoms with Crippen molar-refractivity contribution in [2.24, 2.45) is 0 Å². The number of thiophene rings is 4. The predicted octanol–water partition coefficient (Wildman–Crippen LogP) is 8.79. The molecular formula is C44H52N4O12S4. The molecule has 4 aromatic heterocycles. The van der Waals surface area contributed by atoms with Crippen LogP contribution >= 0.6 is 45.3 Å². The second-order valence-electron chi connectivity index (χ2n) is 18.7. The first kappa shape index (κ1) is 49.6. The number of fused-ring (bicyclic) bond motifs is 8. The Bertz CT molecular complexity index is 2170. The number of rotatable bonds is 4. The van der Waals surface area contributed by atoms with Crippen LogP contribution in [0, 0.1) is 0 Å². The highest BCUT2D eigenvalue weighted by Crippen LogP contribution is 2.36. The first-order valence-corrected chi connectivity index (χ1v) is 23.3. The number of esters is 4. The minimum absolute atomic E-state index is 0.000419. The van der Waals surface area contributed by atoms with Gasteiger partial charge in [-0.15, -0.1) is 45.3 Å². The second kappa shape index (κ2) is 19.0. The fourth-order valence-electron chi connectivity index (χ4n) is 5.74. The molecular weight excluding hydrogens is 905 g/mol. The van der Waals surface area contributed by atoms with Crippen LogP contribution in [0.15, 0.2) is 24.3 Å². The zero-order chi connectivity index (χ0) is 47.7. The highest BCUT2D eigenvalue weighted by atomic mass is 32.1. The fourth-order valence-corrected chi connectivity index (χ4v) is 9.98. The van der Waals surface area contributed by atoms with E-state index < -0.39 is 69.9 Å². The third-order valence-electron chi connectivity index (χ3n) is 7.96. The van der Waals surface area contributed by atoms with E-state index in [1.54, 1.807) is 83.1 Å². The number of nitrogens with one attached hydrogen (secondary N) is 4. The maximum Gasteiger partial charge on any atom is 0.341 e.